The number of nitrogens with two attached hydrogens (primary N) is 1. The Bertz CT molecular complexity index is 416. The van der Waals surface area contributed by atoms with Crippen LogP contribution in [0.1, 0.15) is 45.7 Å². The number of anilines is 1. The minimum absolute atomic E-state index is 0.0769. The summed E-state index contributed by atoms with van der Waals surface area (Å²) in [6.45, 7) is 14.2. The first-order chi connectivity index (χ1) is 10.0. The summed E-state index contributed by atoms with van der Waals surface area (Å²) in [5, 5.41) is 0. The second-order valence-corrected chi connectivity index (χ2v) is 6.31. The minimum atomic E-state index is 0.0769. The third-order valence-corrected chi connectivity index (χ3v) is 4.65. The van der Waals surface area contributed by atoms with E-state index in [1.54, 1.807) is 0 Å². The second kappa shape index (κ2) is 9.44. The zero-order valence-electron chi connectivity index (χ0n) is 13.9. The monoisotopic (exact) mass is 355 g/mol. The fourth-order valence-electron chi connectivity index (χ4n) is 2.54. The number of nitrogens with zero attached hydrogens (tertiary/aromatic N) is 2. The molecule has 2 N–H and O–H groups in total. The summed E-state index contributed by atoms with van der Waals surface area (Å²) in [5.74, 6) is 0. The molecule has 0 aliphatic heterocycles. The second-order valence-electron chi connectivity index (χ2n) is 5.46. The molecule has 4 heteroatoms. The molecule has 0 bridgehead atoms. The highest BCUT2D eigenvalue weighted by Crippen LogP contribution is 2.29. The lowest BCUT2D eigenvalue weighted by Gasteiger charge is -2.26. The molecule has 0 saturated heterocycles. The lowest BCUT2D eigenvalue weighted by molar-refractivity contribution is 0.301. The SMILES string of the molecule is CCN(CC)CCCN(CC)c1ccc(C(C)N)cc1Br. The van der Waals surface area contributed by atoms with Crippen molar-refractivity contribution >= 4 is 21.6 Å². The minimum Gasteiger partial charge on any atom is -0.371 e. The number of hydrogen-bond donors (Lipinski definition) is 1. The Balaban J connectivity index is 2.67. The molecule has 0 aliphatic carbocycles. The summed E-state index contributed by atoms with van der Waals surface area (Å²) in [7, 11) is 0. The normalized spacial score (nSPS) is 12.7. The van der Waals surface area contributed by atoms with Gasteiger partial charge in [0.2, 0.25) is 0 Å². The molecular formula is C17H30BrN3. The zero-order valence-corrected chi connectivity index (χ0v) is 15.5. The van der Waals surface area contributed by atoms with Crippen molar-refractivity contribution < 1.29 is 0 Å². The summed E-state index contributed by atoms with van der Waals surface area (Å²) < 4.78 is 1.14. The van der Waals surface area contributed by atoms with Gasteiger partial charge in [-0.3, -0.25) is 0 Å². The maximum absolute atomic E-state index is 5.95. The van der Waals surface area contributed by atoms with Gasteiger partial charge in [0.25, 0.3) is 0 Å². The lowest BCUT2D eigenvalue weighted by Crippen LogP contribution is -2.30. The zero-order chi connectivity index (χ0) is 15.8. The molecule has 1 unspecified atom stereocenters. The molecule has 3 nitrogen and oxygen atoms in total. The van der Waals surface area contributed by atoms with Crippen LogP contribution in [0.15, 0.2) is 22.7 Å². The molecule has 120 valence electrons. The van der Waals surface area contributed by atoms with Gasteiger partial charge in [0.1, 0.15) is 0 Å². The molecule has 1 aromatic carbocycles. The topological polar surface area (TPSA) is 32.5 Å². The van der Waals surface area contributed by atoms with Crippen LogP contribution >= 0.6 is 15.9 Å². The number of hydrogen-bond acceptors (Lipinski definition) is 3. The maximum atomic E-state index is 5.95. The summed E-state index contributed by atoms with van der Waals surface area (Å²) in [5.41, 5.74) is 8.38. The highest BCUT2D eigenvalue weighted by Gasteiger charge is 2.11. The van der Waals surface area contributed by atoms with Crippen LogP contribution in [0.4, 0.5) is 5.69 Å². The van der Waals surface area contributed by atoms with Gasteiger partial charge in [-0.1, -0.05) is 19.9 Å². The van der Waals surface area contributed by atoms with E-state index in [1.165, 1.54) is 24.2 Å². The van der Waals surface area contributed by atoms with Crippen LogP contribution in [0.2, 0.25) is 0 Å². The first-order valence-electron chi connectivity index (χ1n) is 8.05. The molecule has 0 aromatic heterocycles. The average Bonchev–Trinajstić information content (AvgIpc) is 2.48. The Morgan fingerprint density at radius 3 is 2.24 bits per heavy atom. The molecule has 0 aliphatic rings. The summed E-state index contributed by atoms with van der Waals surface area (Å²) in [6, 6.07) is 6.54. The standard InChI is InChI=1S/C17H30BrN3/c1-5-20(6-2)11-8-12-21(7-3)17-10-9-15(14(4)19)13-16(17)18/h9-10,13-14H,5-8,11-12,19H2,1-4H3. The van der Waals surface area contributed by atoms with Gasteiger partial charge in [-0.05, 0) is 73.5 Å². The summed E-state index contributed by atoms with van der Waals surface area (Å²) in [4.78, 5) is 4.90. The molecule has 0 saturated carbocycles. The number of benzene rings is 1. The van der Waals surface area contributed by atoms with Crippen LogP contribution in [-0.4, -0.2) is 37.6 Å². The molecule has 0 heterocycles. The van der Waals surface area contributed by atoms with Crippen molar-refractivity contribution in [1.82, 2.24) is 4.90 Å². The van der Waals surface area contributed by atoms with Gasteiger partial charge in [-0.2, -0.15) is 0 Å². The van der Waals surface area contributed by atoms with Crippen molar-refractivity contribution in [1.29, 1.82) is 0 Å². The molecule has 0 amide bonds. The van der Waals surface area contributed by atoms with Crippen molar-refractivity contribution in [3.05, 3.63) is 28.2 Å². The largest absolute Gasteiger partial charge is 0.371 e. The molecule has 0 fully saturated rings. The van der Waals surface area contributed by atoms with Gasteiger partial charge in [-0.15, -0.1) is 0 Å². The Morgan fingerprint density at radius 1 is 1.10 bits per heavy atom. The van der Waals surface area contributed by atoms with E-state index in [2.05, 4.69) is 64.7 Å². The fraction of sp³-hybridized carbons (Fsp3) is 0.647. The van der Waals surface area contributed by atoms with E-state index in [0.717, 1.165) is 30.7 Å². The van der Waals surface area contributed by atoms with Gasteiger partial charge in [0.05, 0.1) is 5.69 Å². The van der Waals surface area contributed by atoms with E-state index in [9.17, 15) is 0 Å². The molecular weight excluding hydrogens is 326 g/mol. The van der Waals surface area contributed by atoms with E-state index in [0.29, 0.717) is 0 Å². The van der Waals surface area contributed by atoms with Crippen LogP contribution in [0, 0.1) is 0 Å². The lowest BCUT2D eigenvalue weighted by atomic mass is 10.1. The predicted molar refractivity (Wildman–Crippen MR) is 97.0 cm³/mol. The highest BCUT2D eigenvalue weighted by atomic mass is 79.9. The Morgan fingerprint density at radius 2 is 1.76 bits per heavy atom. The third-order valence-electron chi connectivity index (χ3n) is 4.02. The quantitative estimate of drug-likeness (QED) is 0.725. The Labute approximate surface area is 138 Å². The van der Waals surface area contributed by atoms with Gasteiger partial charge in [0.15, 0.2) is 0 Å². The van der Waals surface area contributed by atoms with Gasteiger partial charge in [0, 0.05) is 23.6 Å². The molecule has 1 rings (SSSR count). The van der Waals surface area contributed by atoms with Crippen LogP contribution < -0.4 is 10.6 Å². The smallest absolute Gasteiger partial charge is 0.0510 e. The van der Waals surface area contributed by atoms with Crippen LogP contribution in [0.25, 0.3) is 0 Å². The predicted octanol–water partition coefficient (Wildman–Crippen LogP) is 4.03. The van der Waals surface area contributed by atoms with Crippen molar-refractivity contribution in [3.8, 4) is 0 Å². The van der Waals surface area contributed by atoms with Crippen LogP contribution in [0.5, 0.6) is 0 Å². The van der Waals surface area contributed by atoms with Crippen LogP contribution in [-0.2, 0) is 0 Å². The molecule has 21 heavy (non-hydrogen) atoms. The average molecular weight is 356 g/mol. The molecule has 1 atom stereocenters. The number of rotatable bonds is 9. The van der Waals surface area contributed by atoms with E-state index < -0.39 is 0 Å². The van der Waals surface area contributed by atoms with Crippen molar-refractivity contribution in [2.24, 2.45) is 5.73 Å². The third kappa shape index (κ3) is 5.61. The molecule has 1 aromatic rings. The summed E-state index contributed by atoms with van der Waals surface area (Å²) in [6.07, 6.45) is 1.19. The summed E-state index contributed by atoms with van der Waals surface area (Å²) >= 11 is 3.70. The van der Waals surface area contributed by atoms with Gasteiger partial charge < -0.3 is 15.5 Å². The van der Waals surface area contributed by atoms with Gasteiger partial charge >= 0.3 is 0 Å². The molecule has 0 spiro atoms. The number of halogens is 1. The first kappa shape index (κ1) is 18.5. The van der Waals surface area contributed by atoms with Gasteiger partial charge in [-0.25, -0.2) is 0 Å². The van der Waals surface area contributed by atoms with Crippen LogP contribution in [0.3, 0.4) is 0 Å². The van der Waals surface area contributed by atoms with Crippen molar-refractivity contribution in [2.45, 2.75) is 40.2 Å². The maximum Gasteiger partial charge on any atom is 0.0510 e. The van der Waals surface area contributed by atoms with E-state index in [-0.39, 0.29) is 6.04 Å². The highest BCUT2D eigenvalue weighted by molar-refractivity contribution is 9.10. The van der Waals surface area contributed by atoms with Crippen molar-refractivity contribution in [2.75, 3.05) is 37.6 Å². The molecule has 0 radical (unpaired) electrons. The Kier molecular flexibility index (Phi) is 8.30. The Hall–Kier alpha value is -0.580. The van der Waals surface area contributed by atoms with E-state index >= 15 is 0 Å². The van der Waals surface area contributed by atoms with Crippen molar-refractivity contribution in [3.63, 3.8) is 0 Å². The first-order valence-corrected chi connectivity index (χ1v) is 8.85. The van der Waals surface area contributed by atoms with E-state index in [4.69, 9.17) is 5.73 Å². The van der Waals surface area contributed by atoms with E-state index in [1.807, 2.05) is 6.92 Å². The fourth-order valence-corrected chi connectivity index (χ4v) is 3.18.